The Morgan fingerprint density at radius 2 is 1.71 bits per heavy atom. The number of aliphatic hydroxyl groups is 1. The Kier molecular flexibility index (Phi) is 7.76. The summed E-state index contributed by atoms with van der Waals surface area (Å²) in [5.74, 6) is -0.422. The molecule has 0 saturated carbocycles. The molecule has 2 aliphatic rings. The summed E-state index contributed by atoms with van der Waals surface area (Å²) in [7, 11) is 0. The maximum absolute atomic E-state index is 13.6. The molecule has 3 aromatic heterocycles. The van der Waals surface area contributed by atoms with Gasteiger partial charge in [0.1, 0.15) is 17.8 Å². The van der Waals surface area contributed by atoms with Gasteiger partial charge in [-0.25, -0.2) is 18.4 Å². The third-order valence-corrected chi connectivity index (χ3v) is 8.42. The van der Waals surface area contributed by atoms with E-state index in [2.05, 4.69) is 32.2 Å². The van der Waals surface area contributed by atoms with Gasteiger partial charge in [-0.15, -0.1) is 0 Å². The highest BCUT2D eigenvalue weighted by Crippen LogP contribution is 2.27. The van der Waals surface area contributed by atoms with Crippen molar-refractivity contribution in [2.45, 2.75) is 63.1 Å². The van der Waals surface area contributed by atoms with Gasteiger partial charge in [0, 0.05) is 44.3 Å². The van der Waals surface area contributed by atoms with E-state index < -0.39 is 24.0 Å². The van der Waals surface area contributed by atoms with Crippen LogP contribution in [0.3, 0.4) is 0 Å². The van der Waals surface area contributed by atoms with Crippen LogP contribution in [0.5, 0.6) is 0 Å². The molecule has 0 spiro atoms. The van der Waals surface area contributed by atoms with Crippen LogP contribution in [0, 0.1) is 0 Å². The van der Waals surface area contributed by atoms with Gasteiger partial charge in [-0.1, -0.05) is 0 Å². The standard InChI is InChI=1S/C29H34F2N8O3/c30-26(31)24(38-14-4-11-33-38)17-25(40)36-15-9-29(42,10-16-36)19-37-20-32-27-23(28(37)41)18-34-39(27)22-7-5-21(6-8-22)35-12-2-1-3-13-35/h4-8,11,14,18,20,24,26,42H,1-3,9-10,12-13,15-17,19H2/t24-/m0/s1. The van der Waals surface area contributed by atoms with Gasteiger partial charge in [-0.2, -0.15) is 10.2 Å². The summed E-state index contributed by atoms with van der Waals surface area (Å²) in [6.07, 6.45) is 6.65. The minimum absolute atomic E-state index is 0.000534. The molecule has 42 heavy (non-hydrogen) atoms. The maximum Gasteiger partial charge on any atom is 0.264 e. The number of carbonyl (C=O) groups excluding carboxylic acids is 1. The number of hydrogen-bond donors (Lipinski definition) is 1. The van der Waals surface area contributed by atoms with E-state index in [4.69, 9.17) is 0 Å². The minimum atomic E-state index is -2.74. The highest BCUT2D eigenvalue weighted by molar-refractivity contribution is 5.77. The average molecular weight is 581 g/mol. The highest BCUT2D eigenvalue weighted by atomic mass is 19.3. The van der Waals surface area contributed by atoms with Crippen LogP contribution >= 0.6 is 0 Å². The molecule has 13 heteroatoms. The lowest BCUT2D eigenvalue weighted by atomic mass is 9.91. The van der Waals surface area contributed by atoms with Gasteiger partial charge in [0.2, 0.25) is 5.91 Å². The molecule has 2 saturated heterocycles. The van der Waals surface area contributed by atoms with Crippen molar-refractivity contribution < 1.29 is 18.7 Å². The molecule has 2 fully saturated rings. The summed E-state index contributed by atoms with van der Waals surface area (Å²) in [4.78, 5) is 34.5. The number of piperidine rings is 2. The first kappa shape index (κ1) is 28.0. The second-order valence-electron chi connectivity index (χ2n) is 11.2. The molecule has 0 unspecified atom stereocenters. The fourth-order valence-electron chi connectivity index (χ4n) is 5.94. The van der Waals surface area contributed by atoms with E-state index in [9.17, 15) is 23.5 Å². The molecule has 1 N–H and O–H groups in total. The van der Waals surface area contributed by atoms with Crippen molar-refractivity contribution in [2.75, 3.05) is 31.1 Å². The number of amides is 1. The predicted octanol–water partition coefficient (Wildman–Crippen LogP) is 3.02. The van der Waals surface area contributed by atoms with E-state index in [0.29, 0.717) is 11.0 Å². The number of carbonyl (C=O) groups is 1. The third-order valence-electron chi connectivity index (χ3n) is 8.42. The number of rotatable bonds is 8. The molecule has 0 aliphatic carbocycles. The van der Waals surface area contributed by atoms with E-state index in [0.717, 1.165) is 29.1 Å². The van der Waals surface area contributed by atoms with Gasteiger partial charge in [-0.05, 0) is 62.4 Å². The molecular weight excluding hydrogens is 546 g/mol. The summed E-state index contributed by atoms with van der Waals surface area (Å²) in [6.45, 7) is 2.49. The smallest absolute Gasteiger partial charge is 0.264 e. The third kappa shape index (κ3) is 5.65. The zero-order chi connectivity index (χ0) is 29.3. The number of nitrogens with zero attached hydrogens (tertiary/aromatic N) is 8. The zero-order valence-electron chi connectivity index (χ0n) is 23.2. The van der Waals surface area contributed by atoms with E-state index >= 15 is 0 Å². The molecule has 4 aromatic rings. The fourth-order valence-corrected chi connectivity index (χ4v) is 5.94. The molecule has 1 atom stereocenters. The number of likely N-dealkylation sites (tertiary alicyclic amines) is 1. The molecule has 0 bridgehead atoms. The quantitative estimate of drug-likeness (QED) is 0.341. The lowest BCUT2D eigenvalue weighted by Crippen LogP contribution is -2.50. The van der Waals surface area contributed by atoms with E-state index in [-0.39, 0.29) is 44.5 Å². The van der Waals surface area contributed by atoms with Gasteiger partial charge >= 0.3 is 0 Å². The Labute approximate surface area is 241 Å². The number of benzene rings is 1. The van der Waals surface area contributed by atoms with Gasteiger partial charge in [0.25, 0.3) is 12.0 Å². The number of anilines is 1. The molecule has 5 heterocycles. The summed E-state index contributed by atoms with van der Waals surface area (Å²) < 4.78 is 31.3. The molecule has 1 aromatic carbocycles. The van der Waals surface area contributed by atoms with Gasteiger partial charge in [0.15, 0.2) is 5.65 Å². The van der Waals surface area contributed by atoms with Crippen molar-refractivity contribution in [2.24, 2.45) is 0 Å². The molecule has 11 nitrogen and oxygen atoms in total. The Balaban J connectivity index is 1.11. The Hall–Kier alpha value is -4.13. The lowest BCUT2D eigenvalue weighted by molar-refractivity contribution is -0.138. The maximum atomic E-state index is 13.6. The van der Waals surface area contributed by atoms with Crippen LogP contribution in [0.2, 0.25) is 0 Å². The first-order valence-electron chi connectivity index (χ1n) is 14.4. The van der Waals surface area contributed by atoms with Crippen LogP contribution < -0.4 is 10.5 Å². The first-order valence-corrected chi connectivity index (χ1v) is 14.4. The first-order chi connectivity index (χ1) is 20.3. The second-order valence-corrected chi connectivity index (χ2v) is 11.2. The topological polar surface area (TPSA) is 114 Å². The molecule has 1 amide bonds. The zero-order valence-corrected chi connectivity index (χ0v) is 23.2. The Morgan fingerprint density at radius 1 is 1.00 bits per heavy atom. The van der Waals surface area contributed by atoms with Crippen molar-refractivity contribution in [3.63, 3.8) is 0 Å². The van der Waals surface area contributed by atoms with Crippen LogP contribution in [0.15, 0.2) is 60.0 Å². The molecular formula is C29H34F2N8O3. The minimum Gasteiger partial charge on any atom is -0.388 e. The normalized spacial score (nSPS) is 18.1. The van der Waals surface area contributed by atoms with Crippen molar-refractivity contribution in [1.29, 1.82) is 0 Å². The van der Waals surface area contributed by atoms with Crippen LogP contribution in [0.25, 0.3) is 16.7 Å². The summed E-state index contributed by atoms with van der Waals surface area (Å²) in [5.41, 5.74) is 0.827. The predicted molar refractivity (Wildman–Crippen MR) is 152 cm³/mol. The number of hydrogen-bond acceptors (Lipinski definition) is 7. The van der Waals surface area contributed by atoms with Crippen molar-refractivity contribution in [3.05, 3.63) is 65.6 Å². The summed E-state index contributed by atoms with van der Waals surface area (Å²) in [6, 6.07) is 8.26. The Bertz CT molecular complexity index is 1570. The van der Waals surface area contributed by atoms with E-state index in [1.54, 1.807) is 4.68 Å². The van der Waals surface area contributed by atoms with Gasteiger partial charge in [-0.3, -0.25) is 18.8 Å². The largest absolute Gasteiger partial charge is 0.388 e. The summed E-state index contributed by atoms with van der Waals surface area (Å²) in [5, 5.41) is 19.9. The van der Waals surface area contributed by atoms with Gasteiger partial charge in [0.05, 0.1) is 30.5 Å². The fraction of sp³-hybridized carbons (Fsp3) is 0.483. The number of halogens is 2. The van der Waals surface area contributed by atoms with Gasteiger partial charge < -0.3 is 14.9 Å². The van der Waals surface area contributed by atoms with Crippen LogP contribution in [-0.4, -0.2) is 83.2 Å². The highest BCUT2D eigenvalue weighted by Gasteiger charge is 2.36. The van der Waals surface area contributed by atoms with E-state index in [1.165, 1.54) is 59.7 Å². The molecule has 222 valence electrons. The lowest BCUT2D eigenvalue weighted by Gasteiger charge is -2.38. The average Bonchev–Trinajstić information content (AvgIpc) is 3.69. The molecule has 6 rings (SSSR count). The monoisotopic (exact) mass is 580 g/mol. The number of aromatic nitrogens is 6. The second kappa shape index (κ2) is 11.6. The van der Waals surface area contributed by atoms with E-state index in [1.807, 2.05) is 12.1 Å². The molecule has 2 aliphatic heterocycles. The number of fused-ring (bicyclic) bond motifs is 1. The van der Waals surface area contributed by atoms with Crippen molar-refractivity contribution in [1.82, 2.24) is 34.0 Å². The Morgan fingerprint density at radius 3 is 2.38 bits per heavy atom. The SMILES string of the molecule is O=C(C[C@@H](C(F)F)n1cccn1)N1CCC(O)(Cn2cnc3c(cnn3-c3ccc(N4CCCCC4)cc3)c2=O)CC1. The van der Waals surface area contributed by atoms with Crippen LogP contribution in [-0.2, 0) is 11.3 Å². The van der Waals surface area contributed by atoms with Crippen molar-refractivity contribution >= 4 is 22.6 Å². The molecule has 0 radical (unpaired) electrons. The van der Waals surface area contributed by atoms with Crippen LogP contribution in [0.4, 0.5) is 14.5 Å². The van der Waals surface area contributed by atoms with Crippen molar-refractivity contribution in [3.8, 4) is 5.69 Å². The van der Waals surface area contributed by atoms with Crippen LogP contribution in [0.1, 0.15) is 44.6 Å². The summed E-state index contributed by atoms with van der Waals surface area (Å²) >= 11 is 0. The number of alkyl halides is 2.